The van der Waals surface area contributed by atoms with E-state index in [1.165, 1.54) is 5.56 Å². The molecule has 1 aromatic rings. The molecule has 4 heteroatoms. The number of carbonyl (C=O) groups is 1. The van der Waals surface area contributed by atoms with E-state index >= 15 is 0 Å². The Morgan fingerprint density at radius 2 is 2.00 bits per heavy atom. The average Bonchev–Trinajstić information content (AvgIpc) is 2.54. The van der Waals surface area contributed by atoms with Crippen molar-refractivity contribution in [1.82, 2.24) is 10.2 Å². The molecule has 0 saturated carbocycles. The molecule has 0 aliphatic carbocycles. The summed E-state index contributed by atoms with van der Waals surface area (Å²) in [6, 6.07) is 6.76. The number of hydrogen-bond acceptors (Lipinski definition) is 3. The largest absolute Gasteiger partial charge is 0.493 e. The maximum atomic E-state index is 11.8. The normalized spacial score (nSPS) is 11.1. The van der Waals surface area contributed by atoms with Crippen LogP contribution in [0.25, 0.3) is 0 Å². The van der Waals surface area contributed by atoms with Crippen LogP contribution in [0.3, 0.4) is 0 Å². The molecule has 1 aromatic carbocycles. The van der Waals surface area contributed by atoms with E-state index in [1.54, 1.807) is 0 Å². The summed E-state index contributed by atoms with van der Waals surface area (Å²) < 4.78 is 5.81. The highest BCUT2D eigenvalue weighted by Gasteiger charge is 2.07. The van der Waals surface area contributed by atoms with Gasteiger partial charge in [0.25, 0.3) is 0 Å². The monoisotopic (exact) mass is 334 g/mol. The van der Waals surface area contributed by atoms with Gasteiger partial charge in [-0.1, -0.05) is 19.1 Å². The molecule has 1 rings (SSSR count). The number of ether oxygens (including phenoxy) is 1. The molecule has 0 aliphatic heterocycles. The maximum Gasteiger partial charge on any atom is 0.220 e. The first-order valence-electron chi connectivity index (χ1n) is 9.14. The smallest absolute Gasteiger partial charge is 0.220 e. The Morgan fingerprint density at radius 1 is 1.25 bits per heavy atom. The van der Waals surface area contributed by atoms with E-state index in [1.807, 2.05) is 0 Å². The second kappa shape index (κ2) is 11.1. The minimum absolute atomic E-state index is 0.140. The van der Waals surface area contributed by atoms with Gasteiger partial charge in [0.15, 0.2) is 0 Å². The Morgan fingerprint density at radius 3 is 2.67 bits per heavy atom. The van der Waals surface area contributed by atoms with Gasteiger partial charge in [0.1, 0.15) is 5.75 Å². The summed E-state index contributed by atoms with van der Waals surface area (Å²) in [6.45, 7) is 14.0. The van der Waals surface area contributed by atoms with Gasteiger partial charge < -0.3 is 10.1 Å². The van der Waals surface area contributed by atoms with Crippen molar-refractivity contribution in [2.24, 2.45) is 0 Å². The first-order valence-corrected chi connectivity index (χ1v) is 9.14. The number of rotatable bonds is 11. The quantitative estimate of drug-likeness (QED) is 0.627. The van der Waals surface area contributed by atoms with Crippen molar-refractivity contribution in [2.75, 3.05) is 26.2 Å². The molecule has 0 atom stereocenters. The molecular weight excluding hydrogens is 300 g/mol. The van der Waals surface area contributed by atoms with Crippen LogP contribution in [0.15, 0.2) is 18.2 Å². The van der Waals surface area contributed by atoms with E-state index in [4.69, 9.17) is 4.74 Å². The molecule has 1 N–H and O–H groups in total. The third-order valence-corrected chi connectivity index (χ3v) is 4.26. The molecule has 0 unspecified atom stereocenters. The molecule has 0 aromatic heterocycles. The molecule has 0 spiro atoms. The van der Waals surface area contributed by atoms with Gasteiger partial charge in [0, 0.05) is 25.6 Å². The second-order valence-corrected chi connectivity index (χ2v) is 6.65. The Labute approximate surface area is 147 Å². The number of benzene rings is 1. The van der Waals surface area contributed by atoms with Crippen LogP contribution in [0.5, 0.6) is 5.75 Å². The number of amides is 1. The van der Waals surface area contributed by atoms with Crippen LogP contribution in [0, 0.1) is 13.8 Å². The van der Waals surface area contributed by atoms with Crippen molar-refractivity contribution in [3.8, 4) is 5.75 Å². The first kappa shape index (κ1) is 20.5. The summed E-state index contributed by atoms with van der Waals surface area (Å²) in [7, 11) is 0. The molecule has 136 valence electrons. The number of carbonyl (C=O) groups excluding carboxylic acids is 1. The summed E-state index contributed by atoms with van der Waals surface area (Å²) in [6.07, 6.45) is 2.33. The molecule has 0 heterocycles. The number of nitrogens with one attached hydrogen (secondary N) is 1. The Balaban J connectivity index is 2.12. The molecule has 0 aliphatic rings. The summed E-state index contributed by atoms with van der Waals surface area (Å²) in [5.74, 6) is 1.09. The Bertz CT molecular complexity index is 500. The van der Waals surface area contributed by atoms with Crippen LogP contribution in [0.1, 0.15) is 51.2 Å². The molecule has 0 saturated heterocycles. The van der Waals surface area contributed by atoms with Crippen molar-refractivity contribution in [2.45, 2.75) is 59.9 Å². The summed E-state index contributed by atoms with van der Waals surface area (Å²) in [4.78, 5) is 14.2. The number of unbranched alkanes of at least 4 members (excludes halogenated alkanes) is 1. The molecule has 1 amide bonds. The lowest BCUT2D eigenvalue weighted by Gasteiger charge is -2.24. The topological polar surface area (TPSA) is 41.6 Å². The van der Waals surface area contributed by atoms with Crippen LogP contribution >= 0.6 is 0 Å². The van der Waals surface area contributed by atoms with E-state index < -0.39 is 0 Å². The lowest BCUT2D eigenvalue weighted by atomic mass is 10.1. The fourth-order valence-electron chi connectivity index (χ4n) is 2.64. The number of likely N-dealkylation sites (N-methyl/N-ethyl adjacent to an activating group) is 1. The van der Waals surface area contributed by atoms with Gasteiger partial charge in [-0.2, -0.15) is 0 Å². The van der Waals surface area contributed by atoms with Crippen LogP contribution in [-0.4, -0.2) is 43.1 Å². The van der Waals surface area contributed by atoms with Crippen LogP contribution in [0.2, 0.25) is 0 Å². The standard InChI is InChI=1S/C20H34N2O2/c1-6-22(16(2)3)13-12-21-20(23)9-7-8-14-24-19-15-17(4)10-11-18(19)5/h10-11,15-16H,6-9,12-14H2,1-5H3,(H,21,23). The molecule has 24 heavy (non-hydrogen) atoms. The van der Waals surface area contributed by atoms with E-state index in [0.717, 1.165) is 43.8 Å². The van der Waals surface area contributed by atoms with E-state index in [-0.39, 0.29) is 5.91 Å². The van der Waals surface area contributed by atoms with E-state index in [2.05, 4.69) is 63.0 Å². The molecule has 0 bridgehead atoms. The van der Waals surface area contributed by atoms with Crippen LogP contribution in [-0.2, 0) is 4.79 Å². The minimum Gasteiger partial charge on any atom is -0.493 e. The minimum atomic E-state index is 0.140. The zero-order chi connectivity index (χ0) is 17.9. The molecule has 4 nitrogen and oxygen atoms in total. The summed E-state index contributed by atoms with van der Waals surface area (Å²) in [5, 5.41) is 3.01. The zero-order valence-corrected chi connectivity index (χ0v) is 16.0. The SMILES string of the molecule is CCN(CCNC(=O)CCCCOc1cc(C)ccc1C)C(C)C. The van der Waals surface area contributed by atoms with Crippen LogP contribution < -0.4 is 10.1 Å². The highest BCUT2D eigenvalue weighted by molar-refractivity contribution is 5.75. The third kappa shape index (κ3) is 7.82. The fraction of sp³-hybridized carbons (Fsp3) is 0.650. The predicted octanol–water partition coefficient (Wildman–Crippen LogP) is 3.70. The van der Waals surface area contributed by atoms with Gasteiger partial charge in [-0.15, -0.1) is 0 Å². The van der Waals surface area contributed by atoms with Crippen molar-refractivity contribution < 1.29 is 9.53 Å². The fourth-order valence-corrected chi connectivity index (χ4v) is 2.64. The van der Waals surface area contributed by atoms with Crippen LogP contribution in [0.4, 0.5) is 0 Å². The van der Waals surface area contributed by atoms with Crippen molar-refractivity contribution >= 4 is 5.91 Å². The predicted molar refractivity (Wildman–Crippen MR) is 101 cm³/mol. The lowest BCUT2D eigenvalue weighted by Crippen LogP contribution is -2.38. The number of aryl methyl sites for hydroxylation is 2. The van der Waals surface area contributed by atoms with Gasteiger partial charge in [-0.3, -0.25) is 9.69 Å². The van der Waals surface area contributed by atoms with Gasteiger partial charge in [0.05, 0.1) is 6.61 Å². The van der Waals surface area contributed by atoms with Crippen molar-refractivity contribution in [3.63, 3.8) is 0 Å². The zero-order valence-electron chi connectivity index (χ0n) is 16.0. The summed E-state index contributed by atoms with van der Waals surface area (Å²) in [5.41, 5.74) is 2.36. The summed E-state index contributed by atoms with van der Waals surface area (Å²) >= 11 is 0. The Kier molecular flexibility index (Phi) is 9.46. The Hall–Kier alpha value is -1.55. The van der Waals surface area contributed by atoms with Crippen molar-refractivity contribution in [3.05, 3.63) is 29.3 Å². The first-order chi connectivity index (χ1) is 11.4. The van der Waals surface area contributed by atoms with Gasteiger partial charge in [-0.25, -0.2) is 0 Å². The average molecular weight is 335 g/mol. The second-order valence-electron chi connectivity index (χ2n) is 6.65. The van der Waals surface area contributed by atoms with Gasteiger partial charge in [-0.05, 0) is 64.3 Å². The van der Waals surface area contributed by atoms with Gasteiger partial charge >= 0.3 is 0 Å². The highest BCUT2D eigenvalue weighted by atomic mass is 16.5. The number of nitrogens with zero attached hydrogens (tertiary/aromatic N) is 1. The lowest BCUT2D eigenvalue weighted by molar-refractivity contribution is -0.121. The molecular formula is C20H34N2O2. The van der Waals surface area contributed by atoms with Crippen molar-refractivity contribution in [1.29, 1.82) is 0 Å². The number of hydrogen-bond donors (Lipinski definition) is 1. The third-order valence-electron chi connectivity index (χ3n) is 4.26. The highest BCUT2D eigenvalue weighted by Crippen LogP contribution is 2.19. The molecule has 0 fully saturated rings. The van der Waals surface area contributed by atoms with E-state index in [9.17, 15) is 4.79 Å². The van der Waals surface area contributed by atoms with Gasteiger partial charge in [0.2, 0.25) is 5.91 Å². The molecule has 0 radical (unpaired) electrons. The maximum absolute atomic E-state index is 11.8. The van der Waals surface area contributed by atoms with E-state index in [0.29, 0.717) is 19.1 Å².